The van der Waals surface area contributed by atoms with Gasteiger partial charge in [-0.15, -0.1) is 5.54 Å². The fraction of sp³-hybridized carbons (Fsp3) is 0.500. The molecule has 0 aliphatic carbocycles. The van der Waals surface area contributed by atoms with Crippen LogP contribution in [0.3, 0.4) is 0 Å². The number of carbonyl (C=O) groups excluding carboxylic acids is 1. The number of aromatic nitrogens is 3. The van der Waals surface area contributed by atoms with Gasteiger partial charge in [-0.25, -0.2) is 18.6 Å². The Morgan fingerprint density at radius 3 is 2.31 bits per heavy atom. The van der Waals surface area contributed by atoms with E-state index in [2.05, 4.69) is 63.0 Å². The number of halogens is 2. The van der Waals surface area contributed by atoms with Crippen LogP contribution in [-0.2, 0) is 20.6 Å². The van der Waals surface area contributed by atoms with Gasteiger partial charge in [0.15, 0.2) is 12.6 Å². The Morgan fingerprint density at radius 1 is 1.09 bits per heavy atom. The molecule has 1 aliphatic rings. The van der Waals surface area contributed by atoms with Crippen molar-refractivity contribution in [3.05, 3.63) is 47.7 Å². The van der Waals surface area contributed by atoms with Gasteiger partial charge in [-0.3, -0.25) is 0 Å². The maximum Gasteiger partial charge on any atom is 0.410 e. The average molecular weight is 780 g/mol. The van der Waals surface area contributed by atoms with Crippen molar-refractivity contribution in [2.75, 3.05) is 45.2 Å². The van der Waals surface area contributed by atoms with Crippen molar-refractivity contribution >= 4 is 52.8 Å². The zero-order valence-electron chi connectivity index (χ0n) is 33.3. The molecule has 1 fully saturated rings. The van der Waals surface area contributed by atoms with Gasteiger partial charge in [-0.2, -0.15) is 9.97 Å². The van der Waals surface area contributed by atoms with Crippen LogP contribution in [0.2, 0.25) is 16.6 Å². The number of likely N-dealkylation sites (tertiary alicyclic amines) is 1. The molecule has 54 heavy (non-hydrogen) atoms. The molecular weight excluding hydrogens is 729 g/mol. The monoisotopic (exact) mass is 779 g/mol. The summed E-state index contributed by atoms with van der Waals surface area (Å²) < 4.78 is 62.5. The summed E-state index contributed by atoms with van der Waals surface area (Å²) in [6, 6.07) is 6.13. The van der Waals surface area contributed by atoms with Gasteiger partial charge >= 0.3 is 11.2 Å². The molecule has 1 atom stereocenters. The molecule has 14 heteroatoms. The van der Waals surface area contributed by atoms with Gasteiger partial charge in [-0.1, -0.05) is 53.5 Å². The predicted octanol–water partition coefficient (Wildman–Crippen LogP) is 8.47. The normalized spacial score (nSPS) is 14.4. The van der Waals surface area contributed by atoms with Crippen molar-refractivity contribution < 1.29 is 32.3 Å². The quantitative estimate of drug-likeness (QED) is 0.0515. The zero-order chi connectivity index (χ0) is 39.9. The van der Waals surface area contributed by atoms with Gasteiger partial charge in [0.25, 0.3) is 0 Å². The summed E-state index contributed by atoms with van der Waals surface area (Å²) >= 11 is -1.62. The second-order valence-electron chi connectivity index (χ2n) is 15.8. The molecule has 0 N–H and O–H groups in total. The lowest BCUT2D eigenvalue weighted by Crippen LogP contribution is -2.61. The number of fused-ring (bicyclic) bond motifs is 2. The van der Waals surface area contributed by atoms with E-state index < -0.39 is 42.6 Å². The Bertz CT molecular complexity index is 2090. The van der Waals surface area contributed by atoms with Gasteiger partial charge in [0.2, 0.25) is 0 Å². The lowest BCUT2D eigenvalue weighted by atomic mass is 9.95. The fourth-order valence-corrected chi connectivity index (χ4v) is 13.1. The molecule has 5 rings (SSSR count). The van der Waals surface area contributed by atoms with Gasteiger partial charge in [0.1, 0.15) is 48.5 Å². The Labute approximate surface area is 321 Å². The number of ether oxygens (including phenoxy) is 3. The number of hydrogen-bond acceptors (Lipinski definition) is 9. The predicted molar refractivity (Wildman–Crippen MR) is 213 cm³/mol. The van der Waals surface area contributed by atoms with Crippen molar-refractivity contribution in [3.63, 3.8) is 0 Å². The Hall–Kier alpha value is -4.03. The number of hydrogen-bond donors (Lipinski definition) is 0. The summed E-state index contributed by atoms with van der Waals surface area (Å²) in [6.07, 6.45) is 2.40. The van der Waals surface area contributed by atoms with Crippen molar-refractivity contribution in [2.45, 2.75) is 95.7 Å². The van der Waals surface area contributed by atoms with Gasteiger partial charge in [0.05, 0.1) is 17.0 Å². The van der Waals surface area contributed by atoms with E-state index in [0.717, 1.165) is 0 Å². The van der Waals surface area contributed by atoms with E-state index in [4.69, 9.17) is 19.2 Å². The third kappa shape index (κ3) is 8.01. The number of likely N-dealkylation sites (N-methyl/N-ethyl adjacent to an activating group) is 1. The molecule has 2 aromatic carbocycles. The first-order chi connectivity index (χ1) is 25.3. The fourth-order valence-electron chi connectivity index (χ4n) is 7.49. The molecule has 1 unspecified atom stereocenters. The second kappa shape index (κ2) is 16.0. The highest BCUT2D eigenvalue weighted by Crippen LogP contribution is 2.43. The lowest BCUT2D eigenvalue weighted by molar-refractivity contribution is 0.00848. The van der Waals surface area contributed by atoms with E-state index in [1.165, 1.54) is 25.6 Å². The number of pyridine rings is 1. The van der Waals surface area contributed by atoms with Crippen molar-refractivity contribution in [1.82, 2.24) is 19.9 Å². The number of methoxy groups -OCH3 is 1. The number of nitrogens with zero attached hydrogens (tertiary/aromatic N) is 5. The first kappa shape index (κ1) is 41.1. The number of rotatable bonds is 10. The molecule has 1 aliphatic heterocycles. The molecule has 1 amide bonds. The van der Waals surface area contributed by atoms with Crippen molar-refractivity contribution in [1.29, 1.82) is 0 Å². The van der Waals surface area contributed by atoms with Crippen LogP contribution in [0.5, 0.6) is 5.75 Å². The number of anilines is 1. The minimum atomic E-state index is -2.32. The molecule has 0 bridgehead atoms. The van der Waals surface area contributed by atoms with Crippen molar-refractivity contribution in [2.24, 2.45) is 0 Å². The highest BCUT2D eigenvalue weighted by molar-refractivity contribution is 7.90. The molecule has 3 heterocycles. The van der Waals surface area contributed by atoms with Gasteiger partial charge in [-0.05, 0) is 61.0 Å². The van der Waals surface area contributed by atoms with Crippen LogP contribution < -0.4 is 9.64 Å². The maximum atomic E-state index is 17.2. The van der Waals surface area contributed by atoms with Crippen LogP contribution in [0.1, 0.15) is 67.9 Å². The molecule has 10 nitrogen and oxygen atoms in total. The SMILES string of the molecule is COCOc1cc(-c2nc(N(C)C3CN(C(=O)OC(C)(C)C)C3)c3cnc([S+](C)[O-])nc3c2F)c2c(C#C[Si](C(C)C)(C(C)C)C(C)C)c(F)ccc2c1. The molecule has 2 aromatic heterocycles. The van der Waals surface area contributed by atoms with E-state index in [9.17, 15) is 9.35 Å². The highest BCUT2D eigenvalue weighted by atomic mass is 32.2. The molecular formula is C40H51F2N5O5SSi. The first-order valence-electron chi connectivity index (χ1n) is 18.1. The smallest absolute Gasteiger partial charge is 0.410 e. The maximum absolute atomic E-state index is 17.2. The first-order valence-corrected chi connectivity index (χ1v) is 21.9. The van der Waals surface area contributed by atoms with E-state index in [1.54, 1.807) is 50.9 Å². The molecule has 1 saturated heterocycles. The molecule has 0 saturated carbocycles. The van der Waals surface area contributed by atoms with Crippen molar-refractivity contribution in [3.8, 4) is 28.5 Å². The average Bonchev–Trinajstić information content (AvgIpc) is 3.06. The van der Waals surface area contributed by atoms with Crippen LogP contribution in [0, 0.1) is 23.1 Å². The summed E-state index contributed by atoms with van der Waals surface area (Å²) in [7, 11) is 0.971. The summed E-state index contributed by atoms with van der Waals surface area (Å²) in [6.45, 7) is 19.1. The zero-order valence-corrected chi connectivity index (χ0v) is 35.1. The van der Waals surface area contributed by atoms with E-state index in [1.807, 2.05) is 4.90 Å². The van der Waals surface area contributed by atoms with Crippen LogP contribution in [0.25, 0.3) is 32.9 Å². The van der Waals surface area contributed by atoms with Crippen LogP contribution in [-0.4, -0.2) is 90.5 Å². The van der Waals surface area contributed by atoms with E-state index >= 15 is 8.78 Å². The van der Waals surface area contributed by atoms with Crippen LogP contribution in [0.15, 0.2) is 35.6 Å². The molecule has 0 spiro atoms. The Balaban J connectivity index is 1.79. The summed E-state index contributed by atoms with van der Waals surface area (Å²) in [5, 5.41) is 1.17. The number of carbonyl (C=O) groups is 1. The topological polar surface area (TPSA) is 113 Å². The molecule has 290 valence electrons. The minimum absolute atomic E-state index is 0.0520. The third-order valence-corrected chi connectivity index (χ3v) is 17.2. The van der Waals surface area contributed by atoms with Gasteiger partial charge in [0, 0.05) is 55.6 Å². The Morgan fingerprint density at radius 2 is 1.74 bits per heavy atom. The van der Waals surface area contributed by atoms with Crippen LogP contribution >= 0.6 is 0 Å². The summed E-state index contributed by atoms with van der Waals surface area (Å²) in [5.41, 5.74) is 4.03. The largest absolute Gasteiger partial charge is 0.609 e. The summed E-state index contributed by atoms with van der Waals surface area (Å²) in [5.74, 6) is 2.63. The Kier molecular flexibility index (Phi) is 12.2. The van der Waals surface area contributed by atoms with E-state index in [0.29, 0.717) is 52.1 Å². The van der Waals surface area contributed by atoms with E-state index in [-0.39, 0.29) is 45.7 Å². The molecule has 0 radical (unpaired) electrons. The highest BCUT2D eigenvalue weighted by Gasteiger charge is 2.42. The standard InChI is InChI=1S/C40H51F2N5O5SSi/c1-23(2)54(24(3)4,25(5)6)16-15-29-32(41)14-13-26-17-28(51-22-50-11)18-30(33(26)29)35-34(42)36-31(19-43-38(45-36)53(12)49)37(44-35)46(10)27-20-47(21-27)39(48)52-40(7,8)9/h13-14,17-19,23-25,27H,20-22H2,1-12H3. The second-order valence-corrected chi connectivity index (χ2v) is 22.7. The minimum Gasteiger partial charge on any atom is -0.609 e. The summed E-state index contributed by atoms with van der Waals surface area (Å²) in [4.78, 5) is 29.8. The third-order valence-electron chi connectivity index (χ3n) is 10.2. The molecule has 4 aromatic rings. The van der Waals surface area contributed by atoms with Gasteiger partial charge < -0.3 is 28.6 Å². The van der Waals surface area contributed by atoms with Crippen LogP contribution in [0.4, 0.5) is 19.4 Å². The lowest BCUT2D eigenvalue weighted by Gasteiger charge is -2.44. The number of amides is 1. The number of benzene rings is 2.